The largest absolute Gasteiger partial charge is 0.314 e. The van der Waals surface area contributed by atoms with E-state index in [0.717, 1.165) is 24.5 Å². The van der Waals surface area contributed by atoms with Gasteiger partial charge in [0.25, 0.3) is 0 Å². The lowest BCUT2D eigenvalue weighted by Crippen LogP contribution is -2.48. The van der Waals surface area contributed by atoms with Crippen molar-refractivity contribution in [2.45, 2.75) is 44.3 Å². The molecule has 3 nitrogen and oxygen atoms in total. The highest BCUT2D eigenvalue weighted by atomic mass is 15.1. The molecule has 2 saturated carbocycles. The van der Waals surface area contributed by atoms with Crippen LogP contribution in [-0.4, -0.2) is 35.6 Å². The van der Waals surface area contributed by atoms with Gasteiger partial charge in [0, 0.05) is 31.0 Å². The van der Waals surface area contributed by atoms with Crippen molar-refractivity contribution in [3.05, 3.63) is 30.1 Å². The third kappa shape index (κ3) is 2.90. The molecule has 2 unspecified atom stereocenters. The Morgan fingerprint density at radius 3 is 2.61 bits per heavy atom. The standard InChI is InChI=1S/C15H23N3/c1-18(11-12-6-8-16-9-7-12)15-5-2-13(15)10-17-14-3-4-14/h6-9,13-15,17H,2-5,10-11H2,1H3. The zero-order chi connectivity index (χ0) is 12.4. The van der Waals surface area contributed by atoms with Crippen LogP contribution < -0.4 is 5.32 Å². The van der Waals surface area contributed by atoms with Crippen molar-refractivity contribution in [1.29, 1.82) is 0 Å². The summed E-state index contributed by atoms with van der Waals surface area (Å²) in [5.74, 6) is 0.859. The van der Waals surface area contributed by atoms with Crippen LogP contribution in [0.25, 0.3) is 0 Å². The molecule has 1 aromatic rings. The number of hydrogen-bond acceptors (Lipinski definition) is 3. The lowest BCUT2D eigenvalue weighted by Gasteiger charge is -2.43. The first-order valence-electron chi connectivity index (χ1n) is 7.15. The third-order valence-electron chi connectivity index (χ3n) is 4.37. The summed E-state index contributed by atoms with van der Waals surface area (Å²) in [4.78, 5) is 6.59. The van der Waals surface area contributed by atoms with Gasteiger partial charge in [0.2, 0.25) is 0 Å². The van der Waals surface area contributed by atoms with E-state index in [2.05, 4.69) is 34.4 Å². The van der Waals surface area contributed by atoms with Crippen LogP contribution >= 0.6 is 0 Å². The Labute approximate surface area is 110 Å². The van der Waals surface area contributed by atoms with Gasteiger partial charge in [-0.05, 0) is 62.9 Å². The Balaban J connectivity index is 1.47. The van der Waals surface area contributed by atoms with Crippen LogP contribution in [0.4, 0.5) is 0 Å². The van der Waals surface area contributed by atoms with Gasteiger partial charge in [0.15, 0.2) is 0 Å². The van der Waals surface area contributed by atoms with Crippen molar-refractivity contribution in [3.8, 4) is 0 Å². The third-order valence-corrected chi connectivity index (χ3v) is 4.37. The second-order valence-corrected chi connectivity index (χ2v) is 5.86. The molecular weight excluding hydrogens is 222 g/mol. The highest BCUT2D eigenvalue weighted by Gasteiger charge is 2.34. The van der Waals surface area contributed by atoms with Gasteiger partial charge in [0.1, 0.15) is 0 Å². The van der Waals surface area contributed by atoms with Crippen LogP contribution in [0.1, 0.15) is 31.2 Å². The van der Waals surface area contributed by atoms with Gasteiger partial charge in [-0.2, -0.15) is 0 Å². The maximum Gasteiger partial charge on any atom is 0.0271 e. The molecule has 0 saturated heterocycles. The average Bonchev–Trinajstić information content (AvgIpc) is 3.13. The van der Waals surface area contributed by atoms with Gasteiger partial charge in [0.05, 0.1) is 0 Å². The lowest BCUT2D eigenvalue weighted by molar-refractivity contribution is 0.0778. The first-order chi connectivity index (χ1) is 8.83. The zero-order valence-electron chi connectivity index (χ0n) is 11.2. The SMILES string of the molecule is CN(Cc1ccncc1)C1CCC1CNC1CC1. The lowest BCUT2D eigenvalue weighted by atomic mass is 9.78. The maximum atomic E-state index is 4.07. The molecular formula is C15H23N3. The molecule has 0 spiro atoms. The Morgan fingerprint density at radius 1 is 1.22 bits per heavy atom. The molecule has 0 bridgehead atoms. The number of rotatable bonds is 6. The van der Waals surface area contributed by atoms with Crippen molar-refractivity contribution in [2.24, 2.45) is 5.92 Å². The first kappa shape index (κ1) is 12.1. The van der Waals surface area contributed by atoms with E-state index >= 15 is 0 Å². The number of nitrogens with one attached hydrogen (secondary N) is 1. The minimum atomic E-state index is 0.768. The monoisotopic (exact) mass is 245 g/mol. The van der Waals surface area contributed by atoms with E-state index in [1.807, 2.05) is 12.4 Å². The fourth-order valence-electron chi connectivity index (χ4n) is 2.87. The highest BCUT2D eigenvalue weighted by molar-refractivity contribution is 5.10. The summed E-state index contributed by atoms with van der Waals surface area (Å²) in [6, 6.07) is 5.85. The average molecular weight is 245 g/mol. The van der Waals surface area contributed by atoms with Gasteiger partial charge in [-0.25, -0.2) is 0 Å². The molecule has 0 aromatic carbocycles. The van der Waals surface area contributed by atoms with E-state index in [-0.39, 0.29) is 0 Å². The van der Waals surface area contributed by atoms with Gasteiger partial charge in [-0.1, -0.05) is 0 Å². The smallest absolute Gasteiger partial charge is 0.0271 e. The van der Waals surface area contributed by atoms with Crippen molar-refractivity contribution < 1.29 is 0 Å². The Morgan fingerprint density at radius 2 is 2.00 bits per heavy atom. The fourth-order valence-corrected chi connectivity index (χ4v) is 2.87. The molecule has 18 heavy (non-hydrogen) atoms. The fraction of sp³-hybridized carbons (Fsp3) is 0.667. The number of aromatic nitrogens is 1. The summed E-state index contributed by atoms with van der Waals surface area (Å²) >= 11 is 0. The van der Waals surface area contributed by atoms with E-state index in [1.54, 1.807) is 0 Å². The number of hydrogen-bond donors (Lipinski definition) is 1. The predicted molar refractivity (Wildman–Crippen MR) is 73.2 cm³/mol. The second-order valence-electron chi connectivity index (χ2n) is 5.86. The summed E-state index contributed by atoms with van der Waals surface area (Å²) in [6.45, 7) is 2.27. The molecule has 2 aliphatic carbocycles. The topological polar surface area (TPSA) is 28.2 Å². The van der Waals surface area contributed by atoms with E-state index in [1.165, 1.54) is 37.8 Å². The molecule has 3 rings (SSSR count). The van der Waals surface area contributed by atoms with E-state index < -0.39 is 0 Å². The quantitative estimate of drug-likeness (QED) is 0.831. The molecule has 1 heterocycles. The van der Waals surface area contributed by atoms with Gasteiger partial charge < -0.3 is 5.32 Å². The normalized spacial score (nSPS) is 27.2. The van der Waals surface area contributed by atoms with Gasteiger partial charge in [-0.3, -0.25) is 9.88 Å². The molecule has 0 radical (unpaired) electrons. The molecule has 98 valence electrons. The summed E-state index contributed by atoms with van der Waals surface area (Å²) in [6.07, 6.45) is 9.31. The second kappa shape index (κ2) is 5.37. The summed E-state index contributed by atoms with van der Waals surface area (Å²) in [5.41, 5.74) is 1.37. The van der Waals surface area contributed by atoms with Crippen molar-refractivity contribution in [1.82, 2.24) is 15.2 Å². The van der Waals surface area contributed by atoms with Crippen LogP contribution in [0, 0.1) is 5.92 Å². The molecule has 1 aromatic heterocycles. The maximum absolute atomic E-state index is 4.07. The first-order valence-corrected chi connectivity index (χ1v) is 7.15. The van der Waals surface area contributed by atoms with Crippen molar-refractivity contribution in [3.63, 3.8) is 0 Å². The molecule has 1 N–H and O–H groups in total. The zero-order valence-corrected chi connectivity index (χ0v) is 11.2. The van der Waals surface area contributed by atoms with Gasteiger partial charge in [-0.15, -0.1) is 0 Å². The van der Waals surface area contributed by atoms with Gasteiger partial charge >= 0.3 is 0 Å². The van der Waals surface area contributed by atoms with Crippen LogP contribution in [0.3, 0.4) is 0 Å². The molecule has 2 atom stereocenters. The Bertz CT molecular complexity index is 375. The van der Waals surface area contributed by atoms with Crippen molar-refractivity contribution in [2.75, 3.05) is 13.6 Å². The van der Waals surface area contributed by atoms with E-state index in [9.17, 15) is 0 Å². The number of pyridine rings is 1. The minimum Gasteiger partial charge on any atom is -0.314 e. The molecule has 3 heteroatoms. The van der Waals surface area contributed by atoms with Crippen LogP contribution in [-0.2, 0) is 6.54 Å². The van der Waals surface area contributed by atoms with Crippen LogP contribution in [0.2, 0.25) is 0 Å². The molecule has 2 fully saturated rings. The molecule has 0 aliphatic heterocycles. The van der Waals surface area contributed by atoms with E-state index in [0.29, 0.717) is 0 Å². The highest BCUT2D eigenvalue weighted by Crippen LogP contribution is 2.32. The van der Waals surface area contributed by atoms with Crippen LogP contribution in [0.15, 0.2) is 24.5 Å². The molecule has 0 amide bonds. The van der Waals surface area contributed by atoms with Crippen molar-refractivity contribution >= 4 is 0 Å². The summed E-state index contributed by atoms with van der Waals surface area (Å²) in [7, 11) is 2.26. The summed E-state index contributed by atoms with van der Waals surface area (Å²) < 4.78 is 0. The Kier molecular flexibility index (Phi) is 3.62. The summed E-state index contributed by atoms with van der Waals surface area (Å²) in [5, 5.41) is 3.67. The minimum absolute atomic E-state index is 0.768. The predicted octanol–water partition coefficient (Wildman–Crippen LogP) is 2.04. The Hall–Kier alpha value is -0.930. The number of nitrogens with zero attached hydrogens (tertiary/aromatic N) is 2. The molecule has 2 aliphatic rings. The van der Waals surface area contributed by atoms with Crippen LogP contribution in [0.5, 0.6) is 0 Å². The van der Waals surface area contributed by atoms with E-state index in [4.69, 9.17) is 0 Å².